The van der Waals surface area contributed by atoms with E-state index in [2.05, 4.69) is 50.0 Å². The number of nitrogens with two attached hydrogens (primary N) is 1. The fourth-order valence-corrected chi connectivity index (χ4v) is 2.77. The fraction of sp³-hybridized carbons (Fsp3) is 0.316. The number of thioether (sulfide) groups is 1. The Morgan fingerprint density at radius 2 is 1.83 bits per heavy atom. The molecule has 0 aliphatic rings. The Balaban J connectivity index is 1.98. The summed E-state index contributed by atoms with van der Waals surface area (Å²) in [6.07, 6.45) is 0. The van der Waals surface area contributed by atoms with Gasteiger partial charge in [-0.2, -0.15) is 0 Å². The molecule has 0 unspecified atom stereocenters. The van der Waals surface area contributed by atoms with Gasteiger partial charge in [-0.05, 0) is 28.7 Å². The van der Waals surface area contributed by atoms with Crippen molar-refractivity contribution in [2.24, 2.45) is 10.7 Å². The number of nitrogens with zero attached hydrogens (tertiary/aromatic N) is 1. The van der Waals surface area contributed by atoms with E-state index in [-0.39, 0.29) is 5.41 Å². The Hall–Kier alpha value is -1.94. The molecule has 23 heavy (non-hydrogen) atoms. The highest BCUT2D eigenvalue weighted by atomic mass is 32.2. The zero-order valence-electron chi connectivity index (χ0n) is 14.2. The van der Waals surface area contributed by atoms with Crippen molar-refractivity contribution in [2.45, 2.75) is 31.9 Å². The molecule has 2 aromatic rings. The minimum absolute atomic E-state index is 0.179. The van der Waals surface area contributed by atoms with E-state index in [1.54, 1.807) is 7.11 Å². The maximum atomic E-state index is 6.02. The van der Waals surface area contributed by atoms with Crippen LogP contribution in [0.15, 0.2) is 53.5 Å². The van der Waals surface area contributed by atoms with Gasteiger partial charge in [-0.15, -0.1) is 0 Å². The lowest BCUT2D eigenvalue weighted by Crippen LogP contribution is -2.10. The molecular weight excluding hydrogens is 304 g/mol. The second kappa shape index (κ2) is 7.55. The third kappa shape index (κ3) is 5.32. The van der Waals surface area contributed by atoms with E-state index in [9.17, 15) is 0 Å². The first-order valence-electron chi connectivity index (χ1n) is 7.59. The van der Waals surface area contributed by atoms with Crippen molar-refractivity contribution in [3.05, 3.63) is 59.7 Å². The topological polar surface area (TPSA) is 47.6 Å². The number of rotatable bonds is 4. The zero-order valence-corrected chi connectivity index (χ0v) is 15.0. The molecule has 122 valence electrons. The quantitative estimate of drug-likeness (QED) is 0.643. The number of hydrogen-bond donors (Lipinski definition) is 1. The van der Waals surface area contributed by atoms with Crippen molar-refractivity contribution in [3.8, 4) is 5.75 Å². The molecular formula is C19H24N2OS. The largest absolute Gasteiger partial charge is 0.497 e. The molecule has 0 amide bonds. The summed E-state index contributed by atoms with van der Waals surface area (Å²) >= 11 is 1.54. The number of benzene rings is 2. The molecule has 0 bridgehead atoms. The molecule has 0 saturated carbocycles. The van der Waals surface area contributed by atoms with Gasteiger partial charge in [-0.3, -0.25) is 0 Å². The van der Waals surface area contributed by atoms with Crippen LogP contribution in [-0.2, 0) is 11.2 Å². The molecule has 0 atom stereocenters. The Morgan fingerprint density at radius 3 is 2.43 bits per heavy atom. The van der Waals surface area contributed by atoms with Crippen LogP contribution in [0.5, 0.6) is 5.75 Å². The smallest absolute Gasteiger partial charge is 0.159 e. The average molecular weight is 328 g/mol. The second-order valence-corrected chi connectivity index (χ2v) is 7.38. The van der Waals surface area contributed by atoms with E-state index in [1.807, 2.05) is 24.3 Å². The van der Waals surface area contributed by atoms with E-state index in [1.165, 1.54) is 22.9 Å². The van der Waals surface area contributed by atoms with Crippen LogP contribution in [0.1, 0.15) is 31.9 Å². The van der Waals surface area contributed by atoms with Gasteiger partial charge in [-0.1, -0.05) is 62.9 Å². The summed E-state index contributed by atoms with van der Waals surface area (Å²) in [5.74, 6) is 1.59. The van der Waals surface area contributed by atoms with Gasteiger partial charge in [0.1, 0.15) is 5.75 Å². The molecule has 3 nitrogen and oxygen atoms in total. The van der Waals surface area contributed by atoms with Gasteiger partial charge in [-0.25, -0.2) is 4.99 Å². The zero-order chi connectivity index (χ0) is 16.9. The molecule has 2 aromatic carbocycles. The van der Waals surface area contributed by atoms with Crippen LogP contribution in [0.3, 0.4) is 0 Å². The first kappa shape index (κ1) is 17.4. The van der Waals surface area contributed by atoms with Gasteiger partial charge in [0.2, 0.25) is 0 Å². The van der Waals surface area contributed by atoms with Crippen LogP contribution in [0, 0.1) is 0 Å². The number of hydrogen-bond acceptors (Lipinski definition) is 3. The lowest BCUT2D eigenvalue weighted by Gasteiger charge is -2.19. The summed E-state index contributed by atoms with van der Waals surface area (Å²) in [6, 6.07) is 16.3. The summed E-state index contributed by atoms with van der Waals surface area (Å²) in [7, 11) is 1.64. The summed E-state index contributed by atoms with van der Waals surface area (Å²) in [6.45, 7) is 6.65. The minimum Gasteiger partial charge on any atom is -0.497 e. The number of methoxy groups -OCH3 is 1. The van der Waals surface area contributed by atoms with Crippen LogP contribution in [0.25, 0.3) is 0 Å². The maximum Gasteiger partial charge on any atom is 0.159 e. The van der Waals surface area contributed by atoms with Gasteiger partial charge in [0, 0.05) is 11.8 Å². The van der Waals surface area contributed by atoms with Gasteiger partial charge in [0.25, 0.3) is 0 Å². The Kier molecular flexibility index (Phi) is 5.72. The van der Waals surface area contributed by atoms with E-state index in [0.717, 1.165) is 17.2 Å². The van der Waals surface area contributed by atoms with Crippen molar-refractivity contribution in [1.82, 2.24) is 0 Å². The van der Waals surface area contributed by atoms with E-state index in [0.29, 0.717) is 5.17 Å². The van der Waals surface area contributed by atoms with Gasteiger partial charge in [0.15, 0.2) is 5.17 Å². The average Bonchev–Trinajstić information content (AvgIpc) is 2.52. The van der Waals surface area contributed by atoms with Gasteiger partial charge in [0.05, 0.1) is 12.8 Å². The summed E-state index contributed by atoms with van der Waals surface area (Å²) < 4.78 is 5.19. The summed E-state index contributed by atoms with van der Waals surface area (Å²) in [4.78, 5) is 4.42. The summed E-state index contributed by atoms with van der Waals surface area (Å²) in [5, 5.41) is 0.554. The molecule has 0 heterocycles. The third-order valence-electron chi connectivity index (χ3n) is 3.50. The highest BCUT2D eigenvalue weighted by Crippen LogP contribution is 2.24. The predicted octanol–water partition coefficient (Wildman–Crippen LogP) is 4.87. The first-order chi connectivity index (χ1) is 10.9. The van der Waals surface area contributed by atoms with Crippen molar-refractivity contribution in [2.75, 3.05) is 7.11 Å². The molecule has 0 aliphatic carbocycles. The lowest BCUT2D eigenvalue weighted by molar-refractivity contribution is 0.415. The molecule has 0 radical (unpaired) electrons. The Labute approximate surface area is 143 Å². The lowest BCUT2D eigenvalue weighted by atomic mass is 9.87. The SMILES string of the molecule is COc1cccc(N=C(N)SCc2ccc(C(C)(C)C)cc2)c1. The fourth-order valence-electron chi connectivity index (χ4n) is 2.10. The van der Waals surface area contributed by atoms with Crippen LogP contribution in [0.4, 0.5) is 5.69 Å². The second-order valence-electron chi connectivity index (χ2n) is 6.39. The predicted molar refractivity (Wildman–Crippen MR) is 101 cm³/mol. The molecule has 0 spiro atoms. The molecule has 0 aromatic heterocycles. The van der Waals surface area contributed by atoms with Crippen molar-refractivity contribution in [1.29, 1.82) is 0 Å². The molecule has 4 heteroatoms. The van der Waals surface area contributed by atoms with E-state index >= 15 is 0 Å². The molecule has 2 rings (SSSR count). The van der Waals surface area contributed by atoms with Crippen molar-refractivity contribution < 1.29 is 4.74 Å². The van der Waals surface area contributed by atoms with E-state index in [4.69, 9.17) is 10.5 Å². The van der Waals surface area contributed by atoms with Crippen LogP contribution in [0.2, 0.25) is 0 Å². The Morgan fingerprint density at radius 1 is 1.13 bits per heavy atom. The molecule has 0 saturated heterocycles. The van der Waals surface area contributed by atoms with E-state index < -0.39 is 0 Å². The highest BCUT2D eigenvalue weighted by Gasteiger charge is 2.12. The summed E-state index contributed by atoms with van der Waals surface area (Å²) in [5.41, 5.74) is 9.58. The van der Waals surface area contributed by atoms with Gasteiger partial charge >= 0.3 is 0 Å². The number of aliphatic imine (C=N–C) groups is 1. The van der Waals surface area contributed by atoms with Crippen LogP contribution in [-0.4, -0.2) is 12.3 Å². The number of ether oxygens (including phenoxy) is 1. The number of amidine groups is 1. The van der Waals surface area contributed by atoms with Crippen molar-refractivity contribution in [3.63, 3.8) is 0 Å². The standard InChI is InChI=1S/C19H24N2OS/c1-19(2,3)15-10-8-14(9-11-15)13-23-18(20)21-16-6-5-7-17(12-16)22-4/h5-12H,13H2,1-4H3,(H2,20,21). The normalized spacial score (nSPS) is 12.3. The van der Waals surface area contributed by atoms with Crippen LogP contribution < -0.4 is 10.5 Å². The molecule has 2 N–H and O–H groups in total. The molecule has 0 aliphatic heterocycles. The highest BCUT2D eigenvalue weighted by molar-refractivity contribution is 8.13. The molecule has 0 fully saturated rings. The van der Waals surface area contributed by atoms with Crippen LogP contribution >= 0.6 is 11.8 Å². The first-order valence-corrected chi connectivity index (χ1v) is 8.57. The Bertz CT molecular complexity index is 673. The van der Waals surface area contributed by atoms with Gasteiger partial charge < -0.3 is 10.5 Å². The maximum absolute atomic E-state index is 6.02. The monoisotopic (exact) mass is 328 g/mol. The minimum atomic E-state index is 0.179. The third-order valence-corrected chi connectivity index (χ3v) is 4.36. The van der Waals surface area contributed by atoms with Crippen molar-refractivity contribution >= 4 is 22.6 Å².